The molecule has 0 aromatic heterocycles. The zero-order chi connectivity index (χ0) is 11.9. The average molecular weight is 246 g/mol. The van der Waals surface area contributed by atoms with Gasteiger partial charge in [0.1, 0.15) is 9.76 Å². The lowest BCUT2D eigenvalue weighted by molar-refractivity contribution is -0.132. The van der Waals surface area contributed by atoms with Gasteiger partial charge in [0.25, 0.3) is 0 Å². The van der Waals surface area contributed by atoms with Crippen molar-refractivity contribution in [1.82, 2.24) is 0 Å². The van der Waals surface area contributed by atoms with Gasteiger partial charge in [0.05, 0.1) is 0 Å². The highest BCUT2D eigenvalue weighted by Gasteiger charge is 2.12. The molecule has 0 aromatic rings. The summed E-state index contributed by atoms with van der Waals surface area (Å²) in [7, 11) is -1.68. The second-order valence-electron chi connectivity index (χ2n) is 4.65. The molecule has 0 heterocycles. The van der Waals surface area contributed by atoms with Crippen molar-refractivity contribution < 1.29 is 14.0 Å². The van der Waals surface area contributed by atoms with Crippen molar-refractivity contribution in [3.63, 3.8) is 0 Å². The van der Waals surface area contributed by atoms with Crippen molar-refractivity contribution in [2.75, 3.05) is 0 Å². The first kappa shape index (κ1) is 14.6. The van der Waals surface area contributed by atoms with Gasteiger partial charge < -0.3 is 9.22 Å². The summed E-state index contributed by atoms with van der Waals surface area (Å²) >= 11 is 0. The van der Waals surface area contributed by atoms with Gasteiger partial charge in [-0.15, -0.1) is 0 Å². The molecule has 0 bridgehead atoms. The molecule has 0 unspecified atom stereocenters. The first-order valence-electron chi connectivity index (χ1n) is 5.37. The van der Waals surface area contributed by atoms with E-state index in [0.29, 0.717) is 5.57 Å². The van der Waals surface area contributed by atoms with Crippen molar-refractivity contribution in [2.24, 2.45) is 0 Å². The fourth-order valence-corrected chi connectivity index (χ4v) is 4.55. The Morgan fingerprint density at radius 1 is 1.47 bits per heavy atom. The second kappa shape index (κ2) is 6.97. The summed E-state index contributed by atoms with van der Waals surface area (Å²) < 4.78 is 5.82. The third-order valence-corrected chi connectivity index (χ3v) is 6.99. The molecule has 0 atom stereocenters. The molecular formula is C10H22O3Si2. The molecule has 5 heteroatoms. The normalized spacial score (nSPS) is 13.7. The van der Waals surface area contributed by atoms with E-state index < -0.39 is 14.3 Å². The number of hydrogen-bond donors (Lipinski definition) is 1. The number of rotatable bonds is 7. The fraction of sp³-hybridized carbons (Fsp3) is 0.700. The number of carboxylic acid groups (broad SMARTS) is 1. The molecule has 0 aliphatic heterocycles. The molecule has 0 rings (SSSR count). The Morgan fingerprint density at radius 3 is 2.53 bits per heavy atom. The van der Waals surface area contributed by atoms with E-state index in [9.17, 15) is 4.79 Å². The smallest absolute Gasteiger partial charge is 0.330 e. The molecule has 0 fully saturated rings. The van der Waals surface area contributed by atoms with E-state index in [1.54, 1.807) is 13.0 Å². The third kappa shape index (κ3) is 9.90. The van der Waals surface area contributed by atoms with E-state index in [-0.39, 0.29) is 9.76 Å². The van der Waals surface area contributed by atoms with Crippen molar-refractivity contribution in [3.8, 4) is 0 Å². The highest BCUT2D eigenvalue weighted by molar-refractivity contribution is 6.73. The minimum Gasteiger partial charge on any atom is -0.478 e. The number of carbonyl (C=O) groups is 1. The van der Waals surface area contributed by atoms with Gasteiger partial charge in [-0.2, -0.15) is 0 Å². The molecule has 0 spiro atoms. The van der Waals surface area contributed by atoms with Gasteiger partial charge in [0.15, 0.2) is 8.32 Å². The lowest BCUT2D eigenvalue weighted by atomic mass is 10.2. The highest BCUT2D eigenvalue weighted by atomic mass is 28.4. The number of allylic oxidation sites excluding steroid dienone is 1. The maximum Gasteiger partial charge on any atom is 0.330 e. The van der Waals surface area contributed by atoms with Crippen LogP contribution >= 0.6 is 0 Å². The zero-order valence-electron chi connectivity index (χ0n) is 10.2. The van der Waals surface area contributed by atoms with E-state index in [1.807, 2.05) is 0 Å². The van der Waals surface area contributed by atoms with E-state index >= 15 is 0 Å². The predicted molar refractivity (Wildman–Crippen MR) is 68.4 cm³/mol. The van der Waals surface area contributed by atoms with Gasteiger partial charge in [-0.1, -0.05) is 12.5 Å². The molecule has 0 aliphatic carbocycles. The van der Waals surface area contributed by atoms with Crippen molar-refractivity contribution in [2.45, 2.75) is 45.5 Å². The number of aliphatic carboxylic acids is 1. The van der Waals surface area contributed by atoms with Crippen LogP contribution in [0.5, 0.6) is 0 Å². The summed E-state index contributed by atoms with van der Waals surface area (Å²) in [6, 6.07) is 1.15. The molecule has 3 nitrogen and oxygen atoms in total. The number of unbranched alkanes of at least 4 members (excludes halogenated alkanes) is 1. The maximum atomic E-state index is 10.5. The average Bonchev–Trinajstić information content (AvgIpc) is 2.08. The van der Waals surface area contributed by atoms with Gasteiger partial charge in [-0.25, -0.2) is 4.79 Å². The quantitative estimate of drug-likeness (QED) is 0.425. The van der Waals surface area contributed by atoms with Crippen LogP contribution in [0.2, 0.25) is 25.7 Å². The van der Waals surface area contributed by atoms with Crippen LogP contribution < -0.4 is 0 Å². The molecule has 0 aliphatic rings. The minimum absolute atomic E-state index is 0.372. The summed E-state index contributed by atoms with van der Waals surface area (Å²) in [5.41, 5.74) is 0.447. The van der Waals surface area contributed by atoms with Crippen LogP contribution in [0.15, 0.2) is 11.6 Å². The van der Waals surface area contributed by atoms with E-state index in [4.69, 9.17) is 9.22 Å². The Kier molecular flexibility index (Phi) is 6.79. The lowest BCUT2D eigenvalue weighted by Gasteiger charge is -2.16. The van der Waals surface area contributed by atoms with Crippen molar-refractivity contribution in [1.29, 1.82) is 0 Å². The Hall–Kier alpha value is -0.396. The number of hydrogen-bond acceptors (Lipinski definition) is 2. The predicted octanol–water partition coefficient (Wildman–Crippen LogP) is 2.15. The molecular weight excluding hydrogens is 224 g/mol. The summed E-state index contributed by atoms with van der Waals surface area (Å²) in [6.45, 7) is 8.25. The fourth-order valence-electron chi connectivity index (χ4n) is 1.03. The summed E-state index contributed by atoms with van der Waals surface area (Å²) in [5, 5.41) is 8.61. The van der Waals surface area contributed by atoms with Crippen LogP contribution in [0, 0.1) is 0 Å². The molecule has 0 saturated heterocycles. The Morgan fingerprint density at radius 2 is 2.07 bits per heavy atom. The summed E-state index contributed by atoms with van der Waals surface area (Å²) in [5.74, 6) is -0.814. The minimum atomic E-state index is -1.30. The van der Waals surface area contributed by atoms with Gasteiger partial charge in [-0.05, 0) is 39.0 Å². The van der Waals surface area contributed by atoms with Crippen LogP contribution in [0.25, 0.3) is 0 Å². The van der Waals surface area contributed by atoms with E-state index in [0.717, 1.165) is 18.9 Å². The molecule has 0 amide bonds. The molecule has 0 radical (unpaired) electrons. The van der Waals surface area contributed by atoms with Crippen LogP contribution in [0.4, 0.5) is 0 Å². The van der Waals surface area contributed by atoms with Crippen molar-refractivity contribution >= 4 is 24.0 Å². The topological polar surface area (TPSA) is 46.5 Å². The monoisotopic (exact) mass is 246 g/mol. The number of carboxylic acids is 1. The Labute approximate surface area is 95.6 Å². The summed E-state index contributed by atoms with van der Waals surface area (Å²) in [6.07, 6.45) is 3.72. The first-order valence-corrected chi connectivity index (χ1v) is 10.4. The van der Waals surface area contributed by atoms with Gasteiger partial charge >= 0.3 is 5.97 Å². The Bertz CT molecular complexity index is 231. The third-order valence-electron chi connectivity index (χ3n) is 1.92. The van der Waals surface area contributed by atoms with E-state index in [1.165, 1.54) is 0 Å². The first-order chi connectivity index (χ1) is 6.83. The summed E-state index contributed by atoms with van der Waals surface area (Å²) in [4.78, 5) is 10.5. The van der Waals surface area contributed by atoms with E-state index in [2.05, 4.69) is 19.6 Å². The van der Waals surface area contributed by atoms with Gasteiger partial charge in [-0.3, -0.25) is 0 Å². The zero-order valence-corrected chi connectivity index (χ0v) is 12.6. The lowest BCUT2D eigenvalue weighted by Crippen LogP contribution is -2.27. The maximum absolute atomic E-state index is 10.5. The molecule has 0 saturated carbocycles. The standard InChI is InChI=1S/C10H22O3Si2/c1-9(10(11)12)7-5-6-8-14-13-15(2,3)4/h7H,5-6,8,14H2,1-4H3,(H,11,12). The molecule has 1 N–H and O–H groups in total. The highest BCUT2D eigenvalue weighted by Crippen LogP contribution is 2.05. The Balaban J connectivity index is 3.48. The largest absolute Gasteiger partial charge is 0.478 e. The van der Waals surface area contributed by atoms with Gasteiger partial charge in [0, 0.05) is 5.57 Å². The molecule has 88 valence electrons. The van der Waals surface area contributed by atoms with Crippen LogP contribution in [-0.4, -0.2) is 29.2 Å². The molecule has 15 heavy (non-hydrogen) atoms. The molecule has 0 aromatic carbocycles. The van der Waals surface area contributed by atoms with Crippen LogP contribution in [0.1, 0.15) is 19.8 Å². The van der Waals surface area contributed by atoms with Crippen molar-refractivity contribution in [3.05, 3.63) is 11.6 Å². The van der Waals surface area contributed by atoms with Crippen LogP contribution in [-0.2, 0) is 8.91 Å². The van der Waals surface area contributed by atoms with Gasteiger partial charge in [0.2, 0.25) is 0 Å². The van der Waals surface area contributed by atoms with Crippen LogP contribution in [0.3, 0.4) is 0 Å². The SMILES string of the molecule is CC(=CCCC[SiH2]O[Si](C)(C)C)C(=O)O. The second-order valence-corrected chi connectivity index (χ2v) is 11.1.